The average Bonchev–Trinajstić information content (AvgIpc) is 3.09. The van der Waals surface area contributed by atoms with Crippen molar-refractivity contribution in [2.45, 2.75) is 48.9 Å². The Morgan fingerprint density at radius 1 is 1.12 bits per heavy atom. The minimum atomic E-state index is -3.54. The number of likely N-dealkylation sites (tertiary alicyclic amines) is 1. The highest BCUT2D eigenvalue weighted by Crippen LogP contribution is 2.65. The van der Waals surface area contributed by atoms with Crippen molar-refractivity contribution in [1.82, 2.24) is 4.90 Å². The Bertz CT molecular complexity index is 1100. The van der Waals surface area contributed by atoms with E-state index in [2.05, 4.69) is 58.1 Å². The summed E-state index contributed by atoms with van der Waals surface area (Å²) in [6.45, 7) is 4.99. The van der Waals surface area contributed by atoms with Crippen LogP contribution in [0.25, 0.3) is 0 Å². The molecule has 0 spiro atoms. The summed E-state index contributed by atoms with van der Waals surface area (Å²) in [6.07, 6.45) is 2.70. The summed E-state index contributed by atoms with van der Waals surface area (Å²) < 4.78 is 24.1. The van der Waals surface area contributed by atoms with Gasteiger partial charge in [0, 0.05) is 29.5 Å². The van der Waals surface area contributed by atoms with E-state index >= 15 is 0 Å². The molecule has 2 aromatic rings. The van der Waals surface area contributed by atoms with E-state index in [1.54, 1.807) is 0 Å². The number of nitrogens with zero attached hydrogens (tertiary/aromatic N) is 1. The lowest BCUT2D eigenvalue weighted by atomic mass is 9.67. The normalized spacial score (nSPS) is 34.2. The molecule has 7 heteroatoms. The standard InChI is InChI=1S/C25H31BrN2O3S/c1-2-25(20-5-3-4-17(10-20)15-32(27,30)31)22-13-28(14-23(22)25)16-24(29)11-19(12-24)18-6-8-21(26)9-7-18/h3-10,19,22-23,29H,2,11-16H2,1H3,(H2,27,30,31)/t19-,22?,23?,24-,25?. The Kier molecular flexibility index (Phi) is 5.57. The summed E-state index contributed by atoms with van der Waals surface area (Å²) >= 11 is 3.49. The molecule has 2 aromatic carbocycles. The van der Waals surface area contributed by atoms with Gasteiger partial charge in [-0.05, 0) is 65.8 Å². The Morgan fingerprint density at radius 3 is 2.38 bits per heavy atom. The number of halogens is 1. The monoisotopic (exact) mass is 518 g/mol. The molecule has 0 amide bonds. The average molecular weight is 520 g/mol. The van der Waals surface area contributed by atoms with Crippen molar-refractivity contribution in [1.29, 1.82) is 0 Å². The molecule has 172 valence electrons. The minimum Gasteiger partial charge on any atom is -0.389 e. The first-order valence-electron chi connectivity index (χ1n) is 11.4. The summed E-state index contributed by atoms with van der Waals surface area (Å²) in [7, 11) is -3.54. The highest BCUT2D eigenvalue weighted by Gasteiger charge is 2.67. The lowest BCUT2D eigenvalue weighted by Crippen LogP contribution is -2.51. The fraction of sp³-hybridized carbons (Fsp3) is 0.520. The largest absolute Gasteiger partial charge is 0.389 e. The highest BCUT2D eigenvalue weighted by molar-refractivity contribution is 9.10. The molecule has 5 nitrogen and oxygen atoms in total. The molecule has 0 radical (unpaired) electrons. The van der Waals surface area contributed by atoms with Gasteiger partial charge in [0.05, 0.1) is 11.4 Å². The molecule has 2 aliphatic carbocycles. The van der Waals surface area contributed by atoms with Crippen LogP contribution in [0.4, 0.5) is 0 Å². The van der Waals surface area contributed by atoms with E-state index in [0.29, 0.717) is 17.8 Å². The first kappa shape index (κ1) is 22.5. The maximum absolute atomic E-state index is 11.5. The lowest BCUT2D eigenvalue weighted by molar-refractivity contribution is -0.0712. The van der Waals surface area contributed by atoms with Gasteiger partial charge in [0.1, 0.15) is 0 Å². The van der Waals surface area contributed by atoms with Crippen molar-refractivity contribution >= 4 is 26.0 Å². The molecule has 32 heavy (non-hydrogen) atoms. The molecule has 3 aliphatic rings. The van der Waals surface area contributed by atoms with Crippen LogP contribution >= 0.6 is 15.9 Å². The lowest BCUT2D eigenvalue weighted by Gasteiger charge is -2.46. The van der Waals surface area contributed by atoms with Crippen molar-refractivity contribution in [2.75, 3.05) is 19.6 Å². The van der Waals surface area contributed by atoms with E-state index in [4.69, 9.17) is 5.14 Å². The van der Waals surface area contributed by atoms with E-state index in [0.717, 1.165) is 48.9 Å². The number of rotatable bonds is 7. The van der Waals surface area contributed by atoms with Crippen LogP contribution in [0.2, 0.25) is 0 Å². The quantitative estimate of drug-likeness (QED) is 0.584. The Morgan fingerprint density at radius 2 is 1.78 bits per heavy atom. The van der Waals surface area contributed by atoms with Gasteiger partial charge in [-0.1, -0.05) is 59.3 Å². The Hall–Kier alpha value is -1.25. The molecule has 1 saturated heterocycles. The van der Waals surface area contributed by atoms with Crippen LogP contribution in [0.3, 0.4) is 0 Å². The Balaban J connectivity index is 1.21. The number of hydrogen-bond acceptors (Lipinski definition) is 4. The van der Waals surface area contributed by atoms with Crippen LogP contribution in [-0.4, -0.2) is 43.7 Å². The number of piperidine rings is 1. The number of fused-ring (bicyclic) bond motifs is 1. The SMILES string of the molecule is CCC1(c2cccc(CS(N)(=O)=O)c2)C2CN(C[C@]3(O)C[C@H](c4ccc(Br)cc4)C3)CC21. The maximum Gasteiger partial charge on any atom is 0.213 e. The smallest absolute Gasteiger partial charge is 0.213 e. The van der Waals surface area contributed by atoms with Crippen molar-refractivity contribution in [3.63, 3.8) is 0 Å². The van der Waals surface area contributed by atoms with Gasteiger partial charge in [0.15, 0.2) is 0 Å². The van der Waals surface area contributed by atoms with Gasteiger partial charge in [0.2, 0.25) is 10.0 Å². The van der Waals surface area contributed by atoms with Crippen molar-refractivity contribution in [3.8, 4) is 0 Å². The van der Waals surface area contributed by atoms with Crippen molar-refractivity contribution in [3.05, 3.63) is 69.7 Å². The number of benzene rings is 2. The minimum absolute atomic E-state index is 0.116. The third-order valence-corrected chi connectivity index (χ3v) is 9.40. The fourth-order valence-electron chi connectivity index (χ4n) is 6.66. The molecule has 3 fully saturated rings. The number of aliphatic hydroxyl groups is 1. The third kappa shape index (κ3) is 4.07. The fourth-order valence-corrected chi connectivity index (χ4v) is 7.57. The van der Waals surface area contributed by atoms with Crippen LogP contribution in [0.5, 0.6) is 0 Å². The van der Waals surface area contributed by atoms with E-state index < -0.39 is 15.6 Å². The third-order valence-electron chi connectivity index (χ3n) is 8.14. The van der Waals surface area contributed by atoms with Gasteiger partial charge in [-0.15, -0.1) is 0 Å². The predicted octanol–water partition coefficient (Wildman–Crippen LogP) is 3.76. The molecule has 0 bridgehead atoms. The molecule has 1 aliphatic heterocycles. The van der Waals surface area contributed by atoms with E-state index in [1.807, 2.05) is 18.2 Å². The van der Waals surface area contributed by atoms with Crippen LogP contribution in [0, 0.1) is 11.8 Å². The second-order valence-corrected chi connectivity index (χ2v) is 12.7. The van der Waals surface area contributed by atoms with Gasteiger partial charge in [-0.2, -0.15) is 0 Å². The molecule has 5 rings (SSSR count). The number of β-amino-alcohol motifs (C(OH)–C–C–N with tert-alkyl or cyclic N) is 1. The van der Waals surface area contributed by atoms with E-state index in [9.17, 15) is 13.5 Å². The molecule has 1 heterocycles. The first-order valence-corrected chi connectivity index (χ1v) is 13.9. The number of nitrogens with two attached hydrogens (primary N) is 1. The number of sulfonamides is 1. The van der Waals surface area contributed by atoms with Crippen LogP contribution in [0.1, 0.15) is 48.8 Å². The van der Waals surface area contributed by atoms with E-state index in [-0.39, 0.29) is 11.2 Å². The molecule has 2 saturated carbocycles. The van der Waals surface area contributed by atoms with Crippen molar-refractivity contribution < 1.29 is 13.5 Å². The van der Waals surface area contributed by atoms with Crippen LogP contribution in [-0.2, 0) is 21.2 Å². The van der Waals surface area contributed by atoms with E-state index in [1.165, 1.54) is 11.1 Å². The predicted molar refractivity (Wildman–Crippen MR) is 130 cm³/mol. The topological polar surface area (TPSA) is 83.6 Å². The van der Waals surface area contributed by atoms with Crippen molar-refractivity contribution in [2.24, 2.45) is 17.0 Å². The summed E-state index contributed by atoms with van der Waals surface area (Å²) in [6, 6.07) is 16.4. The van der Waals surface area contributed by atoms with Gasteiger partial charge in [-0.3, -0.25) is 4.90 Å². The van der Waals surface area contributed by atoms with Gasteiger partial charge >= 0.3 is 0 Å². The molecule has 0 aromatic heterocycles. The zero-order valence-corrected chi connectivity index (χ0v) is 20.8. The zero-order chi connectivity index (χ0) is 22.7. The molecule has 3 N–H and O–H groups in total. The Labute approximate surface area is 199 Å². The molecule has 2 unspecified atom stereocenters. The first-order chi connectivity index (χ1) is 15.1. The summed E-state index contributed by atoms with van der Waals surface area (Å²) in [4.78, 5) is 2.44. The number of primary sulfonamides is 1. The van der Waals surface area contributed by atoms with Gasteiger partial charge in [0.25, 0.3) is 0 Å². The second kappa shape index (κ2) is 7.91. The zero-order valence-electron chi connectivity index (χ0n) is 18.4. The van der Waals surface area contributed by atoms with Crippen LogP contribution in [0.15, 0.2) is 53.0 Å². The van der Waals surface area contributed by atoms with Gasteiger partial charge in [-0.25, -0.2) is 13.6 Å². The second-order valence-electron chi connectivity index (χ2n) is 10.2. The summed E-state index contributed by atoms with van der Waals surface area (Å²) in [5.41, 5.74) is 2.87. The number of hydrogen-bond donors (Lipinski definition) is 2. The summed E-state index contributed by atoms with van der Waals surface area (Å²) in [5, 5.41) is 16.3. The van der Waals surface area contributed by atoms with Gasteiger partial charge < -0.3 is 5.11 Å². The molecule has 2 atom stereocenters. The van der Waals surface area contributed by atoms with Crippen LogP contribution < -0.4 is 5.14 Å². The molecular formula is C25H31BrN2O3S. The maximum atomic E-state index is 11.5. The highest BCUT2D eigenvalue weighted by atomic mass is 79.9. The molecular weight excluding hydrogens is 488 g/mol. The summed E-state index contributed by atoms with van der Waals surface area (Å²) in [5.74, 6) is 1.47.